The van der Waals surface area contributed by atoms with Crippen molar-refractivity contribution in [1.82, 2.24) is 9.80 Å². The van der Waals surface area contributed by atoms with Gasteiger partial charge in [-0.3, -0.25) is 4.90 Å². The molecule has 27 heavy (non-hydrogen) atoms. The lowest BCUT2D eigenvalue weighted by atomic mass is 9.89. The predicted molar refractivity (Wildman–Crippen MR) is 108 cm³/mol. The quantitative estimate of drug-likeness (QED) is 0.698. The summed E-state index contributed by atoms with van der Waals surface area (Å²) in [6.45, 7) is 5.51. The minimum atomic E-state index is 0.520. The molecule has 0 radical (unpaired) electrons. The molecule has 2 saturated heterocycles. The van der Waals surface area contributed by atoms with Crippen LogP contribution in [0.5, 0.6) is 11.5 Å². The molecule has 0 saturated carbocycles. The summed E-state index contributed by atoms with van der Waals surface area (Å²) in [6, 6.07) is 19.3. The summed E-state index contributed by atoms with van der Waals surface area (Å²) in [6.07, 6.45) is 1.08. The van der Waals surface area contributed by atoms with Crippen LogP contribution in [0.4, 0.5) is 0 Å². The first-order chi connectivity index (χ1) is 13.2. The second kappa shape index (κ2) is 8.32. The van der Waals surface area contributed by atoms with Crippen LogP contribution in [0.3, 0.4) is 0 Å². The van der Waals surface area contributed by atoms with Crippen LogP contribution in [0.15, 0.2) is 54.6 Å². The van der Waals surface area contributed by atoms with Crippen molar-refractivity contribution < 1.29 is 9.47 Å². The van der Waals surface area contributed by atoms with E-state index in [2.05, 4.69) is 41.1 Å². The summed E-state index contributed by atoms with van der Waals surface area (Å²) < 4.78 is 11.2. The van der Waals surface area contributed by atoms with E-state index in [1.807, 2.05) is 30.3 Å². The number of para-hydroxylation sites is 1. The van der Waals surface area contributed by atoms with Crippen LogP contribution in [-0.2, 0) is 0 Å². The van der Waals surface area contributed by atoms with E-state index in [-0.39, 0.29) is 0 Å². The van der Waals surface area contributed by atoms with Crippen LogP contribution in [0.2, 0.25) is 0 Å². The van der Waals surface area contributed by atoms with E-state index in [0.717, 1.165) is 42.9 Å². The first-order valence-corrected chi connectivity index (χ1v) is 9.99. The van der Waals surface area contributed by atoms with Crippen molar-refractivity contribution >= 4 is 0 Å². The van der Waals surface area contributed by atoms with Gasteiger partial charge in [-0.2, -0.15) is 0 Å². The van der Waals surface area contributed by atoms with E-state index in [9.17, 15) is 0 Å². The Hall–Kier alpha value is -2.04. The number of hydrogen-bond donors (Lipinski definition) is 0. The van der Waals surface area contributed by atoms with E-state index in [1.165, 1.54) is 25.2 Å². The number of fused-ring (bicyclic) bond motifs is 1. The molecule has 0 aliphatic carbocycles. The predicted octanol–water partition coefficient (Wildman–Crippen LogP) is 3.70. The second-order valence-electron chi connectivity index (χ2n) is 7.86. The van der Waals surface area contributed by atoms with Crippen molar-refractivity contribution in [2.75, 3.05) is 46.9 Å². The molecule has 144 valence electrons. The highest BCUT2D eigenvalue weighted by Crippen LogP contribution is 2.44. The molecular weight excluding hydrogens is 336 g/mol. The van der Waals surface area contributed by atoms with Crippen molar-refractivity contribution in [1.29, 1.82) is 0 Å². The zero-order chi connectivity index (χ0) is 18.6. The summed E-state index contributed by atoms with van der Waals surface area (Å²) >= 11 is 0. The SMILES string of the molecule is COc1ccc([C@H]2[C@@H]3CN(CCCOc4ccccc4)C[C@@H]3CN2C)cc1. The fourth-order valence-corrected chi connectivity index (χ4v) is 4.83. The van der Waals surface area contributed by atoms with Gasteiger partial charge in [0.2, 0.25) is 0 Å². The van der Waals surface area contributed by atoms with Crippen LogP contribution in [-0.4, -0.2) is 56.7 Å². The summed E-state index contributed by atoms with van der Waals surface area (Å²) in [7, 11) is 3.99. The Morgan fingerprint density at radius 2 is 1.70 bits per heavy atom. The third-order valence-electron chi connectivity index (χ3n) is 6.06. The van der Waals surface area contributed by atoms with Crippen molar-refractivity contribution in [2.24, 2.45) is 11.8 Å². The molecule has 0 N–H and O–H groups in total. The smallest absolute Gasteiger partial charge is 0.119 e. The Labute approximate surface area is 162 Å². The molecule has 2 fully saturated rings. The van der Waals surface area contributed by atoms with Gasteiger partial charge in [0.25, 0.3) is 0 Å². The zero-order valence-corrected chi connectivity index (χ0v) is 16.4. The fraction of sp³-hybridized carbons (Fsp3) is 0.478. The Balaban J connectivity index is 1.29. The van der Waals surface area contributed by atoms with Crippen LogP contribution in [0.1, 0.15) is 18.0 Å². The molecule has 0 bridgehead atoms. The molecule has 3 atom stereocenters. The highest BCUT2D eigenvalue weighted by Gasteiger charge is 2.45. The molecule has 0 unspecified atom stereocenters. The molecule has 2 aliphatic rings. The number of likely N-dealkylation sites (tertiary alicyclic amines) is 2. The Bertz CT molecular complexity index is 719. The molecule has 2 aromatic rings. The fourth-order valence-electron chi connectivity index (χ4n) is 4.83. The molecule has 2 aliphatic heterocycles. The summed E-state index contributed by atoms with van der Waals surface area (Å²) in [5.41, 5.74) is 1.42. The van der Waals surface area contributed by atoms with Gasteiger partial charge >= 0.3 is 0 Å². The molecule has 4 rings (SSSR count). The maximum atomic E-state index is 5.84. The third-order valence-corrected chi connectivity index (χ3v) is 6.06. The van der Waals surface area contributed by atoms with Crippen molar-refractivity contribution in [3.63, 3.8) is 0 Å². The van der Waals surface area contributed by atoms with Crippen molar-refractivity contribution in [2.45, 2.75) is 12.5 Å². The summed E-state index contributed by atoms with van der Waals surface area (Å²) in [4.78, 5) is 5.17. The molecule has 4 heteroatoms. The standard InChI is InChI=1S/C23H30N2O2/c1-24-15-19-16-25(13-6-14-27-21-7-4-3-5-8-21)17-22(19)23(24)18-9-11-20(26-2)12-10-18/h3-5,7-12,19,22-23H,6,13-17H2,1-2H3/t19-,22+,23-/m0/s1. The number of hydrogen-bond acceptors (Lipinski definition) is 4. The Morgan fingerprint density at radius 3 is 2.44 bits per heavy atom. The van der Waals surface area contributed by atoms with Gasteiger partial charge in [0.15, 0.2) is 0 Å². The normalized spacial score (nSPS) is 25.5. The second-order valence-corrected chi connectivity index (χ2v) is 7.86. The minimum absolute atomic E-state index is 0.520. The van der Waals surface area contributed by atoms with Gasteiger partial charge in [-0.25, -0.2) is 0 Å². The maximum absolute atomic E-state index is 5.84. The lowest BCUT2D eigenvalue weighted by Crippen LogP contribution is -2.30. The van der Waals surface area contributed by atoms with Crippen molar-refractivity contribution in [3.05, 3.63) is 60.2 Å². The van der Waals surface area contributed by atoms with E-state index < -0.39 is 0 Å². The van der Waals surface area contributed by atoms with Gasteiger partial charge in [-0.1, -0.05) is 30.3 Å². The molecule has 2 aromatic carbocycles. The highest BCUT2D eigenvalue weighted by atomic mass is 16.5. The van der Waals surface area contributed by atoms with Crippen LogP contribution < -0.4 is 9.47 Å². The first-order valence-electron chi connectivity index (χ1n) is 9.99. The zero-order valence-electron chi connectivity index (χ0n) is 16.4. The first kappa shape index (κ1) is 18.3. The molecule has 0 aromatic heterocycles. The lowest BCUT2D eigenvalue weighted by molar-refractivity contribution is 0.214. The van der Waals surface area contributed by atoms with E-state index in [1.54, 1.807) is 7.11 Å². The molecule has 4 nitrogen and oxygen atoms in total. The number of ether oxygens (including phenoxy) is 2. The van der Waals surface area contributed by atoms with E-state index >= 15 is 0 Å². The topological polar surface area (TPSA) is 24.9 Å². The molecule has 0 spiro atoms. The van der Waals surface area contributed by atoms with Crippen LogP contribution in [0, 0.1) is 11.8 Å². The van der Waals surface area contributed by atoms with Gasteiger partial charge < -0.3 is 14.4 Å². The Morgan fingerprint density at radius 1 is 0.926 bits per heavy atom. The van der Waals surface area contributed by atoms with Crippen molar-refractivity contribution in [3.8, 4) is 11.5 Å². The van der Waals surface area contributed by atoms with Gasteiger partial charge in [0, 0.05) is 32.2 Å². The van der Waals surface area contributed by atoms with Gasteiger partial charge in [-0.05, 0) is 55.1 Å². The molecule has 0 amide bonds. The number of rotatable bonds is 7. The maximum Gasteiger partial charge on any atom is 0.119 e. The van der Waals surface area contributed by atoms with Crippen LogP contribution in [0.25, 0.3) is 0 Å². The Kier molecular flexibility index (Phi) is 5.65. The third kappa shape index (κ3) is 4.12. The van der Waals surface area contributed by atoms with Gasteiger partial charge in [0.05, 0.1) is 13.7 Å². The average Bonchev–Trinajstić information content (AvgIpc) is 3.22. The number of methoxy groups -OCH3 is 1. The van der Waals surface area contributed by atoms with Crippen LogP contribution >= 0.6 is 0 Å². The number of benzene rings is 2. The molecule has 2 heterocycles. The molecular formula is C23H30N2O2. The van der Waals surface area contributed by atoms with E-state index in [4.69, 9.17) is 9.47 Å². The lowest BCUT2D eigenvalue weighted by Gasteiger charge is -2.27. The van der Waals surface area contributed by atoms with Gasteiger partial charge in [0.1, 0.15) is 11.5 Å². The van der Waals surface area contributed by atoms with E-state index in [0.29, 0.717) is 6.04 Å². The minimum Gasteiger partial charge on any atom is -0.497 e. The monoisotopic (exact) mass is 366 g/mol. The van der Waals surface area contributed by atoms with Gasteiger partial charge in [-0.15, -0.1) is 0 Å². The highest BCUT2D eigenvalue weighted by molar-refractivity contribution is 5.30. The average molecular weight is 367 g/mol. The summed E-state index contributed by atoms with van der Waals surface area (Å²) in [5, 5.41) is 0. The number of nitrogens with zero attached hydrogens (tertiary/aromatic N) is 2. The largest absolute Gasteiger partial charge is 0.497 e. The summed E-state index contributed by atoms with van der Waals surface area (Å²) in [5.74, 6) is 3.40.